The van der Waals surface area contributed by atoms with E-state index < -0.39 is 11.9 Å². The molecular formula is C35H40N6O4. The Hall–Kier alpha value is -5.51. The van der Waals surface area contributed by atoms with Crippen LogP contribution in [0, 0.1) is 18.3 Å². The molecule has 0 aliphatic rings. The summed E-state index contributed by atoms with van der Waals surface area (Å²) >= 11 is 0. The van der Waals surface area contributed by atoms with Gasteiger partial charge in [0.2, 0.25) is 5.56 Å². The smallest absolute Gasteiger partial charge is 0.306 e. The van der Waals surface area contributed by atoms with Gasteiger partial charge in [-0.3, -0.25) is 24.8 Å². The largest absolute Gasteiger partial charge is 0.481 e. The lowest BCUT2D eigenvalue weighted by Gasteiger charge is -2.13. The topological polar surface area (TPSA) is 188 Å². The fourth-order valence-corrected chi connectivity index (χ4v) is 4.54. The van der Waals surface area contributed by atoms with Gasteiger partial charge in [-0.25, -0.2) is 0 Å². The Kier molecular flexibility index (Phi) is 12.8. The number of aromatic nitrogens is 1. The number of amidine groups is 2. The normalized spacial score (nSPS) is 11.6. The molecule has 1 heterocycles. The van der Waals surface area contributed by atoms with Crippen molar-refractivity contribution in [3.05, 3.63) is 129 Å². The minimum Gasteiger partial charge on any atom is -0.481 e. The number of hydrogen-bond acceptors (Lipinski definition) is 5. The van der Waals surface area contributed by atoms with Crippen LogP contribution in [-0.2, 0) is 11.2 Å². The molecule has 4 rings (SSSR count). The van der Waals surface area contributed by atoms with E-state index in [1.54, 1.807) is 31.4 Å². The Bertz CT molecular complexity index is 1660. The first-order chi connectivity index (χ1) is 21.6. The van der Waals surface area contributed by atoms with Crippen LogP contribution in [0.3, 0.4) is 0 Å². The number of H-pyrrole nitrogens is 1. The van der Waals surface area contributed by atoms with Crippen molar-refractivity contribution in [3.8, 4) is 11.1 Å². The summed E-state index contributed by atoms with van der Waals surface area (Å²) in [6, 6.07) is 25.4. The lowest BCUT2D eigenvalue weighted by Crippen LogP contribution is -2.24. The molecule has 1 amide bonds. The number of hydrogen-bond donors (Lipinski definition) is 6. The molecule has 10 nitrogen and oxygen atoms in total. The van der Waals surface area contributed by atoms with Gasteiger partial charge >= 0.3 is 5.97 Å². The Labute approximate surface area is 262 Å². The molecule has 0 aliphatic carbocycles. The third kappa shape index (κ3) is 10.9. The number of aryl methyl sites for hydroxylation is 1. The third-order valence-corrected chi connectivity index (χ3v) is 7.19. The Morgan fingerprint density at radius 3 is 2.18 bits per heavy atom. The van der Waals surface area contributed by atoms with E-state index in [0.29, 0.717) is 43.6 Å². The minimum absolute atomic E-state index is 0.125. The van der Waals surface area contributed by atoms with Crippen molar-refractivity contribution < 1.29 is 14.7 Å². The number of unbranched alkanes of at least 4 members (excludes halogenated alkanes) is 1. The number of pyridine rings is 1. The van der Waals surface area contributed by atoms with Crippen LogP contribution in [0.25, 0.3) is 11.1 Å². The highest BCUT2D eigenvalue weighted by molar-refractivity contribution is 5.97. The fourth-order valence-electron chi connectivity index (χ4n) is 4.54. The lowest BCUT2D eigenvalue weighted by atomic mass is 9.93. The van der Waals surface area contributed by atoms with Gasteiger partial charge in [-0.05, 0) is 67.1 Å². The van der Waals surface area contributed by atoms with E-state index in [2.05, 4.69) is 15.3 Å². The molecule has 3 aromatic carbocycles. The van der Waals surface area contributed by atoms with Crippen LogP contribution in [0.4, 0.5) is 0 Å². The monoisotopic (exact) mass is 608 g/mol. The first-order valence-electron chi connectivity index (χ1n) is 14.6. The summed E-state index contributed by atoms with van der Waals surface area (Å²) in [6.45, 7) is 2.47. The van der Waals surface area contributed by atoms with Crippen molar-refractivity contribution >= 4 is 23.5 Å². The summed E-state index contributed by atoms with van der Waals surface area (Å²) in [4.78, 5) is 42.0. The second-order valence-electron chi connectivity index (χ2n) is 10.6. The summed E-state index contributed by atoms with van der Waals surface area (Å²) in [6.07, 6.45) is 3.92. The van der Waals surface area contributed by atoms with E-state index in [-0.39, 0.29) is 17.3 Å². The Morgan fingerprint density at radius 1 is 0.911 bits per heavy atom. The van der Waals surface area contributed by atoms with Crippen molar-refractivity contribution in [2.24, 2.45) is 22.4 Å². The molecule has 0 fully saturated rings. The second-order valence-corrected chi connectivity index (χ2v) is 10.6. The van der Waals surface area contributed by atoms with Gasteiger partial charge in [0, 0.05) is 42.5 Å². The first-order valence-corrected chi connectivity index (χ1v) is 14.6. The van der Waals surface area contributed by atoms with E-state index in [4.69, 9.17) is 16.9 Å². The van der Waals surface area contributed by atoms with Crippen LogP contribution in [0.2, 0.25) is 0 Å². The molecule has 0 spiro atoms. The van der Waals surface area contributed by atoms with E-state index in [0.717, 1.165) is 27.8 Å². The summed E-state index contributed by atoms with van der Waals surface area (Å²) in [5.74, 6) is -0.985. The number of aliphatic carboxylic acids is 1. The van der Waals surface area contributed by atoms with E-state index in [1.165, 1.54) is 11.6 Å². The summed E-state index contributed by atoms with van der Waals surface area (Å²) in [7, 11) is 1.62. The van der Waals surface area contributed by atoms with Crippen molar-refractivity contribution in [2.45, 2.75) is 32.6 Å². The second kappa shape index (κ2) is 17.0. The lowest BCUT2D eigenvalue weighted by molar-refractivity contribution is -0.142. The molecule has 1 aromatic heterocycles. The van der Waals surface area contributed by atoms with E-state index in [9.17, 15) is 19.5 Å². The molecule has 0 bridgehead atoms. The van der Waals surface area contributed by atoms with Gasteiger partial charge in [-0.1, -0.05) is 66.6 Å². The highest BCUT2D eigenvalue weighted by Gasteiger charge is 2.18. The molecule has 234 valence electrons. The third-order valence-electron chi connectivity index (χ3n) is 7.19. The number of aromatic amines is 1. The highest BCUT2D eigenvalue weighted by atomic mass is 16.4. The van der Waals surface area contributed by atoms with Crippen molar-refractivity contribution in [2.75, 3.05) is 13.6 Å². The number of carbonyl (C=O) groups excluding carboxylic acids is 1. The predicted molar refractivity (Wildman–Crippen MR) is 179 cm³/mol. The number of nitrogen functional groups attached to an aromatic ring is 1. The number of nitrogens with zero attached hydrogens (tertiary/aromatic N) is 1. The van der Waals surface area contributed by atoms with Crippen LogP contribution in [0.5, 0.6) is 0 Å². The molecule has 0 radical (unpaired) electrons. The molecule has 0 aliphatic heterocycles. The van der Waals surface area contributed by atoms with Crippen molar-refractivity contribution in [1.82, 2.24) is 10.3 Å². The maximum atomic E-state index is 12.4. The van der Waals surface area contributed by atoms with Crippen LogP contribution >= 0.6 is 0 Å². The Balaban J connectivity index is 0.000000468. The van der Waals surface area contributed by atoms with Gasteiger partial charge in [-0.2, -0.15) is 0 Å². The number of rotatable bonds is 12. The molecular weight excluding hydrogens is 568 g/mol. The number of nitrogens with two attached hydrogens (primary N) is 2. The summed E-state index contributed by atoms with van der Waals surface area (Å²) in [5, 5.41) is 19.6. The summed E-state index contributed by atoms with van der Waals surface area (Å²) < 4.78 is 0. The quantitative estimate of drug-likeness (QED) is 0.0780. The van der Waals surface area contributed by atoms with Crippen LogP contribution in [-0.4, -0.2) is 47.2 Å². The van der Waals surface area contributed by atoms with Crippen LogP contribution in [0.15, 0.2) is 101 Å². The average molecular weight is 609 g/mol. The fraction of sp³-hybridized carbons (Fsp3) is 0.229. The van der Waals surface area contributed by atoms with Gasteiger partial charge in [0.05, 0.1) is 5.92 Å². The number of carbonyl (C=O) groups is 2. The Morgan fingerprint density at radius 2 is 1.58 bits per heavy atom. The predicted octanol–water partition coefficient (Wildman–Crippen LogP) is 4.50. The number of aliphatic imine (C=N–C) groups is 1. The van der Waals surface area contributed by atoms with Crippen molar-refractivity contribution in [1.29, 1.82) is 5.41 Å². The zero-order valence-corrected chi connectivity index (χ0v) is 25.5. The molecule has 0 saturated heterocycles. The van der Waals surface area contributed by atoms with E-state index >= 15 is 0 Å². The zero-order valence-electron chi connectivity index (χ0n) is 25.5. The number of carboxylic acid groups (broad SMARTS) is 1. The summed E-state index contributed by atoms with van der Waals surface area (Å²) in [5.41, 5.74) is 16.9. The van der Waals surface area contributed by atoms with Gasteiger partial charge in [0.15, 0.2) is 0 Å². The maximum absolute atomic E-state index is 12.4. The van der Waals surface area contributed by atoms with Gasteiger partial charge in [0.1, 0.15) is 11.7 Å². The SMILES string of the molecule is CN=C(N)c1cccc(C[C@H](CCCCNC(=O)c2ccc(-c3ccc(=O)[nH]c3)cc2)C(=O)O)c1.Cc1ccc(C(=N)N)cc1. The highest BCUT2D eigenvalue weighted by Crippen LogP contribution is 2.19. The average Bonchev–Trinajstić information content (AvgIpc) is 3.04. The maximum Gasteiger partial charge on any atom is 0.306 e. The number of amides is 1. The molecule has 1 atom stereocenters. The first kappa shape index (κ1) is 34.0. The van der Waals surface area contributed by atoms with Gasteiger partial charge in [0.25, 0.3) is 5.91 Å². The van der Waals surface area contributed by atoms with Crippen LogP contribution < -0.4 is 22.3 Å². The minimum atomic E-state index is -0.834. The standard InChI is InChI=1S/C27H30N4O4.C8H10N2/c1-29-25(28)21-7-4-5-18(15-21)16-22(27(34)35)6-2-3-14-30-26(33)20-10-8-19(9-11-20)23-12-13-24(32)31-17-23;1-6-2-4-7(5-3-6)8(9)10/h4-5,7-13,15,17,22H,2-3,6,14,16H2,1H3,(H2,28,29)(H,30,33)(H,31,32)(H,34,35);2-5H,1H3,(H3,9,10)/t22-;/m0./s1. The van der Waals surface area contributed by atoms with Gasteiger partial charge < -0.3 is 26.9 Å². The van der Waals surface area contributed by atoms with E-state index in [1.807, 2.05) is 67.6 Å². The number of carboxylic acids is 1. The molecule has 4 aromatic rings. The molecule has 0 unspecified atom stereocenters. The molecule has 8 N–H and O–H groups in total. The zero-order chi connectivity index (χ0) is 32.8. The van der Waals surface area contributed by atoms with Crippen LogP contribution in [0.1, 0.15) is 51.9 Å². The van der Waals surface area contributed by atoms with Crippen molar-refractivity contribution in [3.63, 3.8) is 0 Å². The van der Waals surface area contributed by atoms with Gasteiger partial charge in [-0.15, -0.1) is 0 Å². The number of nitrogens with one attached hydrogen (secondary N) is 3. The molecule has 0 saturated carbocycles. The molecule has 10 heteroatoms. The number of benzene rings is 3. The molecule has 45 heavy (non-hydrogen) atoms.